The fourth-order valence-electron chi connectivity index (χ4n) is 3.60. The summed E-state index contributed by atoms with van der Waals surface area (Å²) in [5.74, 6) is 0.987. The normalized spacial score (nSPS) is 25.4. The fourth-order valence-corrected chi connectivity index (χ4v) is 3.60. The van der Waals surface area contributed by atoms with Crippen molar-refractivity contribution in [1.29, 1.82) is 0 Å². The van der Waals surface area contributed by atoms with Crippen molar-refractivity contribution in [1.82, 2.24) is 0 Å². The van der Waals surface area contributed by atoms with Gasteiger partial charge in [-0.1, -0.05) is 43.7 Å². The summed E-state index contributed by atoms with van der Waals surface area (Å²) in [6.07, 6.45) is 12.6. The molecular formula is C15H26N2O. The molecule has 0 spiro atoms. The summed E-state index contributed by atoms with van der Waals surface area (Å²) in [7, 11) is 1.86. The number of hydrogen-bond donors (Lipinski definition) is 1. The van der Waals surface area contributed by atoms with Gasteiger partial charge >= 0.3 is 0 Å². The highest BCUT2D eigenvalue weighted by molar-refractivity contribution is 6.43. The second-order valence-corrected chi connectivity index (χ2v) is 5.76. The molecule has 2 rings (SSSR count). The molecule has 3 nitrogen and oxygen atoms in total. The lowest BCUT2D eigenvalue weighted by atomic mass is 9.77. The topological polar surface area (TPSA) is 45.0 Å². The van der Waals surface area contributed by atoms with Crippen LogP contribution in [-0.2, 0) is 0 Å². The average molecular weight is 250 g/mol. The van der Waals surface area contributed by atoms with Crippen LogP contribution in [0.2, 0.25) is 0 Å². The monoisotopic (exact) mass is 250 g/mol. The van der Waals surface area contributed by atoms with E-state index in [1.54, 1.807) is 0 Å². The summed E-state index contributed by atoms with van der Waals surface area (Å²) in [5, 5.41) is 13.1. The summed E-state index contributed by atoms with van der Waals surface area (Å²) < 4.78 is 0. The largest absolute Gasteiger partial charge is 0.411 e. The maximum atomic E-state index is 9.42. The molecule has 0 saturated heterocycles. The zero-order valence-electron chi connectivity index (χ0n) is 11.6. The van der Waals surface area contributed by atoms with Gasteiger partial charge in [-0.3, -0.25) is 4.99 Å². The minimum atomic E-state index is 0.448. The van der Waals surface area contributed by atoms with Crippen LogP contribution in [0.5, 0.6) is 0 Å². The van der Waals surface area contributed by atoms with Crippen LogP contribution in [-0.4, -0.2) is 23.7 Å². The lowest BCUT2D eigenvalue weighted by molar-refractivity contribution is 0.311. The van der Waals surface area contributed by atoms with Crippen LogP contribution in [0.4, 0.5) is 0 Å². The fraction of sp³-hybridized carbons (Fsp3) is 0.867. The molecule has 18 heavy (non-hydrogen) atoms. The molecule has 0 aromatic heterocycles. The van der Waals surface area contributed by atoms with Crippen molar-refractivity contribution in [2.24, 2.45) is 22.0 Å². The third-order valence-corrected chi connectivity index (χ3v) is 4.59. The summed E-state index contributed by atoms with van der Waals surface area (Å²) in [6, 6.07) is 0. The predicted molar refractivity (Wildman–Crippen MR) is 75.7 cm³/mol. The molecule has 102 valence electrons. The number of nitrogens with zero attached hydrogens (tertiary/aromatic N) is 2. The van der Waals surface area contributed by atoms with E-state index in [1.807, 2.05) is 7.05 Å². The first-order valence-corrected chi connectivity index (χ1v) is 7.55. The lowest BCUT2D eigenvalue weighted by Gasteiger charge is -2.28. The minimum Gasteiger partial charge on any atom is -0.411 e. The number of hydrogen-bond acceptors (Lipinski definition) is 3. The molecule has 0 atom stereocenters. The van der Waals surface area contributed by atoms with Crippen molar-refractivity contribution >= 4 is 11.4 Å². The molecule has 0 aromatic rings. The van der Waals surface area contributed by atoms with E-state index in [2.05, 4.69) is 10.1 Å². The third-order valence-electron chi connectivity index (χ3n) is 4.59. The predicted octanol–water partition coefficient (Wildman–Crippen LogP) is 4.05. The molecule has 0 unspecified atom stereocenters. The van der Waals surface area contributed by atoms with Crippen LogP contribution in [0.15, 0.2) is 10.1 Å². The maximum absolute atomic E-state index is 9.42. The molecule has 2 fully saturated rings. The van der Waals surface area contributed by atoms with E-state index in [0.29, 0.717) is 11.8 Å². The van der Waals surface area contributed by atoms with Gasteiger partial charge in [0.2, 0.25) is 0 Å². The third kappa shape index (κ3) is 3.12. The van der Waals surface area contributed by atoms with E-state index >= 15 is 0 Å². The molecule has 2 aliphatic rings. The summed E-state index contributed by atoms with van der Waals surface area (Å²) >= 11 is 0. The smallest absolute Gasteiger partial charge is 0.104 e. The average Bonchev–Trinajstić information content (AvgIpc) is 2.46. The Bertz CT molecular complexity index is 278. The van der Waals surface area contributed by atoms with Gasteiger partial charge in [0, 0.05) is 18.9 Å². The van der Waals surface area contributed by atoms with Gasteiger partial charge in [0.15, 0.2) is 0 Å². The maximum Gasteiger partial charge on any atom is 0.104 e. The molecule has 3 heteroatoms. The zero-order valence-corrected chi connectivity index (χ0v) is 11.6. The Hall–Kier alpha value is -0.860. The van der Waals surface area contributed by atoms with E-state index in [4.69, 9.17) is 0 Å². The molecule has 1 N–H and O–H groups in total. The van der Waals surface area contributed by atoms with Crippen molar-refractivity contribution in [3.05, 3.63) is 0 Å². The Labute approximate surface area is 110 Å². The molecule has 2 aliphatic carbocycles. The van der Waals surface area contributed by atoms with Crippen molar-refractivity contribution in [2.75, 3.05) is 7.05 Å². The minimum absolute atomic E-state index is 0.448. The Kier molecular flexibility index (Phi) is 5.21. The summed E-state index contributed by atoms with van der Waals surface area (Å²) in [6.45, 7) is 0. The van der Waals surface area contributed by atoms with Crippen LogP contribution in [0.25, 0.3) is 0 Å². The van der Waals surface area contributed by atoms with Crippen LogP contribution >= 0.6 is 0 Å². The summed E-state index contributed by atoms with van der Waals surface area (Å²) in [4.78, 5) is 4.48. The van der Waals surface area contributed by atoms with Gasteiger partial charge in [-0.25, -0.2) is 0 Å². The van der Waals surface area contributed by atoms with Gasteiger partial charge in [0.05, 0.1) is 5.71 Å². The lowest BCUT2D eigenvalue weighted by Crippen LogP contribution is -2.32. The van der Waals surface area contributed by atoms with E-state index in [9.17, 15) is 5.21 Å². The van der Waals surface area contributed by atoms with Crippen LogP contribution in [0, 0.1) is 11.8 Å². The second kappa shape index (κ2) is 6.91. The molecule has 0 bridgehead atoms. The molecule has 0 radical (unpaired) electrons. The summed E-state index contributed by atoms with van der Waals surface area (Å²) in [5.41, 5.74) is 2.01. The number of rotatable bonds is 3. The molecule has 0 aromatic carbocycles. The van der Waals surface area contributed by atoms with Crippen LogP contribution in [0.3, 0.4) is 0 Å². The van der Waals surface area contributed by atoms with Gasteiger partial charge in [-0.15, -0.1) is 0 Å². The second-order valence-electron chi connectivity index (χ2n) is 5.76. The van der Waals surface area contributed by atoms with E-state index < -0.39 is 0 Å². The Morgan fingerprint density at radius 2 is 1.22 bits per heavy atom. The van der Waals surface area contributed by atoms with Gasteiger partial charge in [0.25, 0.3) is 0 Å². The Morgan fingerprint density at radius 3 is 1.61 bits per heavy atom. The van der Waals surface area contributed by atoms with Crippen LogP contribution in [0.1, 0.15) is 64.2 Å². The number of oxime groups is 1. The molecule has 0 aliphatic heterocycles. The van der Waals surface area contributed by atoms with Crippen molar-refractivity contribution in [2.45, 2.75) is 64.2 Å². The molecule has 0 heterocycles. The quantitative estimate of drug-likeness (QED) is 0.458. The molecule has 2 saturated carbocycles. The first kappa shape index (κ1) is 13.6. The van der Waals surface area contributed by atoms with Gasteiger partial charge < -0.3 is 5.21 Å². The molecular weight excluding hydrogens is 224 g/mol. The first-order chi connectivity index (χ1) is 8.86. The van der Waals surface area contributed by atoms with Crippen molar-refractivity contribution in [3.8, 4) is 0 Å². The van der Waals surface area contributed by atoms with E-state index in [0.717, 1.165) is 11.4 Å². The molecule has 0 amide bonds. The SMILES string of the molecule is CN=C(C(=NO)C1CCCCC1)C1CCCCC1. The van der Waals surface area contributed by atoms with E-state index in [-0.39, 0.29) is 0 Å². The highest BCUT2D eigenvalue weighted by Crippen LogP contribution is 2.30. The highest BCUT2D eigenvalue weighted by Gasteiger charge is 2.29. The Morgan fingerprint density at radius 1 is 0.778 bits per heavy atom. The number of aliphatic imine (C=N–C) groups is 1. The van der Waals surface area contributed by atoms with E-state index in [1.165, 1.54) is 64.2 Å². The van der Waals surface area contributed by atoms with Crippen LogP contribution < -0.4 is 0 Å². The van der Waals surface area contributed by atoms with Gasteiger partial charge in [-0.05, 0) is 25.7 Å². The van der Waals surface area contributed by atoms with Gasteiger partial charge in [-0.2, -0.15) is 0 Å². The van der Waals surface area contributed by atoms with Crippen molar-refractivity contribution in [3.63, 3.8) is 0 Å². The zero-order chi connectivity index (χ0) is 12.8. The van der Waals surface area contributed by atoms with Gasteiger partial charge in [0.1, 0.15) is 5.71 Å². The van der Waals surface area contributed by atoms with Crippen molar-refractivity contribution < 1.29 is 5.21 Å². The highest BCUT2D eigenvalue weighted by atomic mass is 16.4. The Balaban J connectivity index is 2.08. The standard InChI is InChI=1S/C15H26N2O/c1-16-14(12-8-4-2-5-9-12)15(17-18)13-10-6-3-7-11-13/h12-13,18H,2-11H2,1H3. The first-order valence-electron chi connectivity index (χ1n) is 7.55.